The van der Waals surface area contributed by atoms with Gasteiger partial charge in [-0.25, -0.2) is 8.42 Å². The number of benzene rings is 3. The molecule has 2 amide bonds. The van der Waals surface area contributed by atoms with Gasteiger partial charge in [0.25, 0.3) is 0 Å². The highest BCUT2D eigenvalue weighted by atomic mass is 35.5. The standard InChI is InChI=1S/C27H28ClN3O4S/c28-23-10-8-21-16-24(11-9-20(21)15-23)36(34,35)29-25-7-4-13-31(27(25)33)18-26(32)30-14-12-22(17-30)19-5-2-1-3-6-19/h1-3,5-6,8-11,15-16,22,25,29H,4,7,12-14,17-18H2. The zero-order chi connectivity index (χ0) is 25.3. The molecule has 1 N–H and O–H groups in total. The number of piperidine rings is 1. The molecule has 2 aliphatic heterocycles. The van der Waals surface area contributed by atoms with Crippen molar-refractivity contribution in [3.63, 3.8) is 0 Å². The lowest BCUT2D eigenvalue weighted by molar-refractivity contribution is -0.142. The van der Waals surface area contributed by atoms with Crippen LogP contribution in [0.4, 0.5) is 0 Å². The first-order valence-electron chi connectivity index (χ1n) is 12.1. The molecule has 2 aliphatic rings. The van der Waals surface area contributed by atoms with Crippen molar-refractivity contribution in [1.82, 2.24) is 14.5 Å². The lowest BCUT2D eigenvalue weighted by Crippen LogP contribution is -2.54. The van der Waals surface area contributed by atoms with E-state index in [1.54, 1.807) is 35.2 Å². The second-order valence-electron chi connectivity index (χ2n) is 9.47. The highest BCUT2D eigenvalue weighted by Gasteiger charge is 2.35. The number of amides is 2. The monoisotopic (exact) mass is 525 g/mol. The van der Waals surface area contributed by atoms with E-state index in [0.29, 0.717) is 43.4 Å². The minimum absolute atomic E-state index is 0.0324. The number of hydrogen-bond donors (Lipinski definition) is 1. The van der Waals surface area contributed by atoms with Crippen LogP contribution in [0.3, 0.4) is 0 Å². The van der Waals surface area contributed by atoms with Crippen LogP contribution >= 0.6 is 11.6 Å². The average Bonchev–Trinajstić information content (AvgIpc) is 3.37. The van der Waals surface area contributed by atoms with Crippen LogP contribution in [0.2, 0.25) is 5.02 Å². The number of nitrogens with zero attached hydrogens (tertiary/aromatic N) is 2. The van der Waals surface area contributed by atoms with Crippen molar-refractivity contribution in [1.29, 1.82) is 0 Å². The molecule has 7 nitrogen and oxygen atoms in total. The Labute approximate surface area is 216 Å². The van der Waals surface area contributed by atoms with Crippen molar-refractivity contribution in [3.8, 4) is 0 Å². The van der Waals surface area contributed by atoms with Gasteiger partial charge in [-0.05, 0) is 59.9 Å². The molecule has 0 saturated carbocycles. The van der Waals surface area contributed by atoms with Crippen LogP contribution in [-0.4, -0.2) is 62.3 Å². The van der Waals surface area contributed by atoms with E-state index in [4.69, 9.17) is 11.6 Å². The molecule has 2 fully saturated rings. The Hall–Kier alpha value is -2.94. The molecule has 2 heterocycles. The Bertz CT molecular complexity index is 1400. The summed E-state index contributed by atoms with van der Waals surface area (Å²) < 4.78 is 28.7. The molecule has 3 aromatic rings. The summed E-state index contributed by atoms with van der Waals surface area (Å²) >= 11 is 6.02. The number of fused-ring (bicyclic) bond motifs is 1. The molecule has 5 rings (SSSR count). The van der Waals surface area contributed by atoms with Crippen molar-refractivity contribution in [3.05, 3.63) is 77.3 Å². The van der Waals surface area contributed by atoms with Gasteiger partial charge >= 0.3 is 0 Å². The van der Waals surface area contributed by atoms with Crippen LogP contribution in [0, 0.1) is 0 Å². The smallest absolute Gasteiger partial charge is 0.242 e. The van der Waals surface area contributed by atoms with Gasteiger partial charge in [0.05, 0.1) is 11.4 Å². The van der Waals surface area contributed by atoms with Crippen molar-refractivity contribution >= 4 is 44.2 Å². The summed E-state index contributed by atoms with van der Waals surface area (Å²) in [6.07, 6.45) is 1.91. The molecule has 188 valence electrons. The summed E-state index contributed by atoms with van der Waals surface area (Å²) in [4.78, 5) is 29.5. The summed E-state index contributed by atoms with van der Waals surface area (Å²) in [6, 6.07) is 19.2. The van der Waals surface area contributed by atoms with E-state index < -0.39 is 16.1 Å². The fourth-order valence-corrected chi connectivity index (χ4v) is 6.51. The van der Waals surface area contributed by atoms with Gasteiger partial charge in [-0.15, -0.1) is 0 Å². The van der Waals surface area contributed by atoms with E-state index >= 15 is 0 Å². The van der Waals surface area contributed by atoms with Crippen LogP contribution < -0.4 is 4.72 Å². The molecule has 2 atom stereocenters. The van der Waals surface area contributed by atoms with E-state index in [-0.39, 0.29) is 23.3 Å². The first-order chi connectivity index (χ1) is 17.3. The van der Waals surface area contributed by atoms with Crippen LogP contribution in [0.25, 0.3) is 10.8 Å². The van der Waals surface area contributed by atoms with Gasteiger partial charge in [-0.1, -0.05) is 54.1 Å². The minimum atomic E-state index is -3.93. The predicted molar refractivity (Wildman–Crippen MR) is 139 cm³/mol. The largest absolute Gasteiger partial charge is 0.341 e. The number of carbonyl (C=O) groups is 2. The van der Waals surface area contributed by atoms with E-state index in [1.165, 1.54) is 16.5 Å². The summed E-state index contributed by atoms with van der Waals surface area (Å²) in [7, 11) is -3.93. The Kier molecular flexibility index (Phi) is 7.01. The number of sulfonamides is 1. The fraction of sp³-hybridized carbons (Fsp3) is 0.333. The van der Waals surface area contributed by atoms with Crippen LogP contribution in [0.15, 0.2) is 71.6 Å². The van der Waals surface area contributed by atoms with Crippen LogP contribution in [0.1, 0.15) is 30.7 Å². The second-order valence-corrected chi connectivity index (χ2v) is 11.6. The predicted octanol–water partition coefficient (Wildman–Crippen LogP) is 3.78. The molecule has 0 spiro atoms. The third kappa shape index (κ3) is 5.26. The number of carbonyl (C=O) groups excluding carboxylic acids is 2. The summed E-state index contributed by atoms with van der Waals surface area (Å²) in [5, 5.41) is 2.14. The first-order valence-corrected chi connectivity index (χ1v) is 14.0. The third-order valence-corrected chi connectivity index (χ3v) is 8.75. The molecule has 9 heteroatoms. The van der Waals surface area contributed by atoms with E-state index in [2.05, 4.69) is 16.9 Å². The number of rotatable bonds is 6. The maximum atomic E-state index is 13.1. The van der Waals surface area contributed by atoms with Crippen LogP contribution in [0.5, 0.6) is 0 Å². The Morgan fingerprint density at radius 1 is 0.972 bits per heavy atom. The Balaban J connectivity index is 1.23. The molecular formula is C27H28ClN3O4S. The maximum absolute atomic E-state index is 13.1. The molecule has 0 aromatic heterocycles. The molecule has 2 unspecified atom stereocenters. The molecule has 0 bridgehead atoms. The Morgan fingerprint density at radius 2 is 1.72 bits per heavy atom. The van der Waals surface area contributed by atoms with Crippen molar-refractivity contribution in [2.24, 2.45) is 0 Å². The molecular weight excluding hydrogens is 498 g/mol. The van der Waals surface area contributed by atoms with Crippen molar-refractivity contribution in [2.75, 3.05) is 26.2 Å². The van der Waals surface area contributed by atoms with Gasteiger partial charge in [0.2, 0.25) is 21.8 Å². The summed E-state index contributed by atoms with van der Waals surface area (Å²) in [5.41, 5.74) is 1.22. The van der Waals surface area contributed by atoms with E-state index in [9.17, 15) is 18.0 Å². The highest BCUT2D eigenvalue weighted by Crippen LogP contribution is 2.27. The maximum Gasteiger partial charge on any atom is 0.242 e. The number of hydrogen-bond acceptors (Lipinski definition) is 4. The molecule has 3 aromatic carbocycles. The zero-order valence-electron chi connectivity index (χ0n) is 19.8. The number of likely N-dealkylation sites (tertiary alicyclic amines) is 2. The van der Waals surface area contributed by atoms with Gasteiger partial charge in [0.15, 0.2) is 0 Å². The van der Waals surface area contributed by atoms with Gasteiger partial charge in [0, 0.05) is 30.6 Å². The SMILES string of the molecule is O=C(CN1CCCC(NS(=O)(=O)c2ccc3cc(Cl)ccc3c2)C1=O)N1CCC(c2ccccc2)C1. The minimum Gasteiger partial charge on any atom is -0.341 e. The van der Waals surface area contributed by atoms with E-state index in [1.807, 2.05) is 18.2 Å². The van der Waals surface area contributed by atoms with Gasteiger partial charge in [-0.2, -0.15) is 4.72 Å². The average molecular weight is 526 g/mol. The van der Waals surface area contributed by atoms with Gasteiger partial charge < -0.3 is 9.80 Å². The van der Waals surface area contributed by atoms with E-state index in [0.717, 1.165) is 17.2 Å². The quantitative estimate of drug-likeness (QED) is 0.530. The number of halogens is 1. The first kappa shape index (κ1) is 24.7. The topological polar surface area (TPSA) is 86.8 Å². The zero-order valence-corrected chi connectivity index (χ0v) is 21.3. The molecule has 0 aliphatic carbocycles. The molecule has 2 saturated heterocycles. The lowest BCUT2D eigenvalue weighted by atomic mass is 9.99. The second kappa shape index (κ2) is 10.2. The summed E-state index contributed by atoms with van der Waals surface area (Å²) in [5.74, 6) is -0.159. The molecule has 0 radical (unpaired) electrons. The third-order valence-electron chi connectivity index (χ3n) is 7.05. The highest BCUT2D eigenvalue weighted by molar-refractivity contribution is 7.89. The number of nitrogens with one attached hydrogen (secondary N) is 1. The normalized spacial score (nSPS) is 20.8. The Morgan fingerprint density at radius 3 is 2.53 bits per heavy atom. The lowest BCUT2D eigenvalue weighted by Gasteiger charge is -2.33. The van der Waals surface area contributed by atoms with Gasteiger partial charge in [-0.3, -0.25) is 9.59 Å². The van der Waals surface area contributed by atoms with Crippen molar-refractivity contribution < 1.29 is 18.0 Å². The molecule has 36 heavy (non-hydrogen) atoms. The van der Waals surface area contributed by atoms with Crippen molar-refractivity contribution in [2.45, 2.75) is 36.1 Å². The summed E-state index contributed by atoms with van der Waals surface area (Å²) in [6.45, 7) is 1.70. The fourth-order valence-electron chi connectivity index (χ4n) is 5.07. The van der Waals surface area contributed by atoms with Gasteiger partial charge in [0.1, 0.15) is 6.04 Å². The van der Waals surface area contributed by atoms with Crippen LogP contribution in [-0.2, 0) is 19.6 Å².